The van der Waals surface area contributed by atoms with Gasteiger partial charge in [0.15, 0.2) is 0 Å². The summed E-state index contributed by atoms with van der Waals surface area (Å²) in [5.74, 6) is 0. The lowest BCUT2D eigenvalue weighted by Gasteiger charge is -2.10. The number of hydrogen-bond acceptors (Lipinski definition) is 0. The van der Waals surface area contributed by atoms with Crippen LogP contribution in [0.2, 0.25) is 0 Å². The summed E-state index contributed by atoms with van der Waals surface area (Å²) in [6, 6.07) is 32.6. The van der Waals surface area contributed by atoms with E-state index >= 15 is 0 Å². The number of rotatable bonds is 2. The molecule has 0 saturated carbocycles. The molecule has 4 aromatic carbocycles. The SMILES string of the molecule is Cc1ccc2c(c1C)c1ccccc1n2-c1ccc(-c2ccccc2)cc1. The number of fused-ring (bicyclic) bond motifs is 3. The number of benzene rings is 4. The van der Waals surface area contributed by atoms with Gasteiger partial charge in [-0.1, -0.05) is 66.7 Å². The Bertz CT molecular complexity index is 1260. The first kappa shape index (κ1) is 15.9. The fraction of sp³-hybridized carbons (Fsp3) is 0.0769. The normalized spacial score (nSPS) is 11.3. The summed E-state index contributed by atoms with van der Waals surface area (Å²) < 4.78 is 2.38. The highest BCUT2D eigenvalue weighted by molar-refractivity contribution is 6.11. The molecule has 0 atom stereocenters. The van der Waals surface area contributed by atoms with Gasteiger partial charge in [-0.15, -0.1) is 0 Å². The summed E-state index contributed by atoms with van der Waals surface area (Å²) in [4.78, 5) is 0. The van der Waals surface area contributed by atoms with Gasteiger partial charge >= 0.3 is 0 Å². The van der Waals surface area contributed by atoms with E-state index < -0.39 is 0 Å². The van der Waals surface area contributed by atoms with Gasteiger partial charge in [-0.05, 0) is 60.4 Å². The summed E-state index contributed by atoms with van der Waals surface area (Å²) in [7, 11) is 0. The lowest BCUT2D eigenvalue weighted by molar-refractivity contribution is 1.18. The molecule has 0 fully saturated rings. The molecule has 0 unspecified atom stereocenters. The molecule has 1 nitrogen and oxygen atoms in total. The monoisotopic (exact) mass is 347 g/mol. The highest BCUT2D eigenvalue weighted by atomic mass is 15.0. The van der Waals surface area contributed by atoms with Gasteiger partial charge in [-0.2, -0.15) is 0 Å². The van der Waals surface area contributed by atoms with Crippen LogP contribution in [-0.4, -0.2) is 4.57 Å². The van der Waals surface area contributed by atoms with Crippen LogP contribution in [0.3, 0.4) is 0 Å². The van der Waals surface area contributed by atoms with Gasteiger partial charge in [0, 0.05) is 16.5 Å². The van der Waals surface area contributed by atoms with Crippen molar-refractivity contribution in [2.24, 2.45) is 0 Å². The van der Waals surface area contributed by atoms with Crippen LogP contribution in [0.15, 0.2) is 91.0 Å². The molecule has 0 radical (unpaired) electrons. The van der Waals surface area contributed by atoms with Crippen molar-refractivity contribution in [3.05, 3.63) is 102 Å². The Morgan fingerprint density at radius 2 is 1.22 bits per heavy atom. The molecule has 0 saturated heterocycles. The van der Waals surface area contributed by atoms with Crippen molar-refractivity contribution in [1.82, 2.24) is 4.57 Å². The minimum atomic E-state index is 1.20. The second-order valence-electron chi connectivity index (χ2n) is 7.17. The van der Waals surface area contributed by atoms with Gasteiger partial charge in [-0.3, -0.25) is 0 Å². The van der Waals surface area contributed by atoms with Gasteiger partial charge < -0.3 is 4.57 Å². The second kappa shape index (κ2) is 6.14. The molecule has 5 aromatic rings. The zero-order chi connectivity index (χ0) is 18.4. The minimum absolute atomic E-state index is 1.20. The summed E-state index contributed by atoms with van der Waals surface area (Å²) in [6.45, 7) is 4.42. The smallest absolute Gasteiger partial charge is 0.0543 e. The number of nitrogens with zero attached hydrogens (tertiary/aromatic N) is 1. The first-order valence-corrected chi connectivity index (χ1v) is 9.39. The fourth-order valence-electron chi connectivity index (χ4n) is 4.05. The van der Waals surface area contributed by atoms with Crippen LogP contribution in [0, 0.1) is 13.8 Å². The Morgan fingerprint density at radius 3 is 2.00 bits per heavy atom. The molecule has 0 spiro atoms. The van der Waals surface area contributed by atoms with Crippen molar-refractivity contribution < 1.29 is 0 Å². The minimum Gasteiger partial charge on any atom is -0.309 e. The molecule has 5 rings (SSSR count). The predicted molar refractivity (Wildman–Crippen MR) is 116 cm³/mol. The van der Waals surface area contributed by atoms with Gasteiger partial charge in [-0.25, -0.2) is 0 Å². The van der Waals surface area contributed by atoms with Crippen molar-refractivity contribution in [2.75, 3.05) is 0 Å². The van der Waals surface area contributed by atoms with Crippen LogP contribution in [0.5, 0.6) is 0 Å². The van der Waals surface area contributed by atoms with Crippen molar-refractivity contribution >= 4 is 21.8 Å². The van der Waals surface area contributed by atoms with Crippen molar-refractivity contribution in [1.29, 1.82) is 0 Å². The Hall–Kier alpha value is -3.32. The Balaban J connectivity index is 1.76. The number of para-hydroxylation sites is 1. The van der Waals surface area contributed by atoms with E-state index in [-0.39, 0.29) is 0 Å². The van der Waals surface area contributed by atoms with Crippen LogP contribution in [-0.2, 0) is 0 Å². The maximum absolute atomic E-state index is 2.38. The number of aromatic nitrogens is 1. The highest BCUT2D eigenvalue weighted by Crippen LogP contribution is 2.35. The van der Waals surface area contributed by atoms with Gasteiger partial charge in [0.25, 0.3) is 0 Å². The molecule has 0 aliphatic carbocycles. The lowest BCUT2D eigenvalue weighted by atomic mass is 10.0. The third-order valence-corrected chi connectivity index (χ3v) is 5.60. The van der Waals surface area contributed by atoms with Crippen LogP contribution in [0.1, 0.15) is 11.1 Å². The third-order valence-electron chi connectivity index (χ3n) is 5.60. The van der Waals surface area contributed by atoms with E-state index in [0.29, 0.717) is 0 Å². The number of aryl methyl sites for hydroxylation is 2. The highest BCUT2D eigenvalue weighted by Gasteiger charge is 2.14. The average Bonchev–Trinajstić information content (AvgIpc) is 3.06. The number of hydrogen-bond donors (Lipinski definition) is 0. The Morgan fingerprint density at radius 1 is 0.556 bits per heavy atom. The van der Waals surface area contributed by atoms with Crippen LogP contribution >= 0.6 is 0 Å². The van der Waals surface area contributed by atoms with E-state index in [1.807, 2.05) is 0 Å². The quantitative estimate of drug-likeness (QED) is 0.322. The van der Waals surface area contributed by atoms with E-state index in [9.17, 15) is 0 Å². The van der Waals surface area contributed by atoms with Gasteiger partial charge in [0.2, 0.25) is 0 Å². The Kier molecular flexibility index (Phi) is 3.61. The first-order valence-electron chi connectivity index (χ1n) is 9.39. The average molecular weight is 347 g/mol. The maximum atomic E-state index is 2.38. The molecular weight excluding hydrogens is 326 g/mol. The fourth-order valence-corrected chi connectivity index (χ4v) is 4.05. The van der Waals surface area contributed by atoms with Gasteiger partial charge in [0.05, 0.1) is 11.0 Å². The molecule has 1 heterocycles. The molecular formula is C26H21N. The van der Waals surface area contributed by atoms with Crippen LogP contribution in [0.4, 0.5) is 0 Å². The maximum Gasteiger partial charge on any atom is 0.0543 e. The molecule has 130 valence electrons. The standard InChI is InChI=1S/C26H21N/c1-18-12-17-25-26(19(18)2)23-10-6-7-11-24(23)27(25)22-15-13-21(14-16-22)20-8-4-3-5-9-20/h3-17H,1-2H3. The van der Waals surface area contributed by atoms with Crippen LogP contribution in [0.25, 0.3) is 38.6 Å². The van der Waals surface area contributed by atoms with Crippen molar-refractivity contribution in [2.45, 2.75) is 13.8 Å². The van der Waals surface area contributed by atoms with E-state index in [2.05, 4.69) is 109 Å². The summed E-state index contributed by atoms with van der Waals surface area (Å²) >= 11 is 0. The van der Waals surface area contributed by atoms with E-state index in [4.69, 9.17) is 0 Å². The van der Waals surface area contributed by atoms with E-state index in [1.165, 1.54) is 49.7 Å². The molecule has 1 aromatic heterocycles. The summed E-state index contributed by atoms with van der Waals surface area (Å²) in [5.41, 5.74) is 8.92. The van der Waals surface area contributed by atoms with Gasteiger partial charge in [0.1, 0.15) is 0 Å². The predicted octanol–water partition coefficient (Wildman–Crippen LogP) is 7.07. The lowest BCUT2D eigenvalue weighted by Crippen LogP contribution is -1.94. The molecule has 0 amide bonds. The van der Waals surface area contributed by atoms with E-state index in [1.54, 1.807) is 0 Å². The van der Waals surface area contributed by atoms with Crippen molar-refractivity contribution in [3.8, 4) is 16.8 Å². The van der Waals surface area contributed by atoms with Crippen LogP contribution < -0.4 is 0 Å². The largest absolute Gasteiger partial charge is 0.309 e. The molecule has 0 bridgehead atoms. The summed E-state index contributed by atoms with van der Waals surface area (Å²) in [6.07, 6.45) is 0. The summed E-state index contributed by atoms with van der Waals surface area (Å²) in [5, 5.41) is 2.68. The zero-order valence-corrected chi connectivity index (χ0v) is 15.6. The molecule has 0 N–H and O–H groups in total. The first-order chi connectivity index (χ1) is 13.2. The zero-order valence-electron chi connectivity index (χ0n) is 15.6. The van der Waals surface area contributed by atoms with Crippen molar-refractivity contribution in [3.63, 3.8) is 0 Å². The molecule has 0 aliphatic heterocycles. The second-order valence-corrected chi connectivity index (χ2v) is 7.17. The molecule has 0 aliphatic rings. The molecule has 1 heteroatoms. The molecule has 27 heavy (non-hydrogen) atoms. The Labute approximate surface area is 159 Å². The topological polar surface area (TPSA) is 4.93 Å². The third kappa shape index (κ3) is 2.47. The van der Waals surface area contributed by atoms with E-state index in [0.717, 1.165) is 0 Å².